The lowest BCUT2D eigenvalue weighted by Gasteiger charge is -2.33. The van der Waals surface area contributed by atoms with Gasteiger partial charge in [0.1, 0.15) is 11.9 Å². The maximum absolute atomic E-state index is 13.1. The van der Waals surface area contributed by atoms with E-state index in [1.165, 1.54) is 24.3 Å². The Hall–Kier alpha value is -3.68. The van der Waals surface area contributed by atoms with Crippen LogP contribution in [-0.2, 0) is 4.79 Å². The number of halogens is 1. The summed E-state index contributed by atoms with van der Waals surface area (Å²) in [6.45, 7) is 2.47. The van der Waals surface area contributed by atoms with Crippen molar-refractivity contribution in [3.8, 4) is 0 Å². The Morgan fingerprint density at radius 3 is 2.42 bits per heavy atom. The molecule has 172 valence electrons. The number of nitrogens with zero attached hydrogens (tertiary/aromatic N) is 1. The van der Waals surface area contributed by atoms with Gasteiger partial charge in [0.15, 0.2) is 5.78 Å². The molecule has 2 amide bonds. The van der Waals surface area contributed by atoms with E-state index in [2.05, 4.69) is 10.3 Å². The topological polar surface area (TPSA) is 103 Å². The molecule has 3 aromatic rings. The molecule has 8 heteroatoms. The number of nitrogens with one attached hydrogen (secondary N) is 2. The first kappa shape index (κ1) is 22.5. The molecule has 0 radical (unpaired) electrons. The minimum absolute atomic E-state index is 0.0635. The highest BCUT2D eigenvalue weighted by atomic mass is 19.1. The molecule has 3 N–H and O–H groups in total. The molecule has 0 unspecified atom stereocenters. The Labute approximate surface area is 190 Å². The van der Waals surface area contributed by atoms with Gasteiger partial charge in [0.25, 0.3) is 0 Å². The summed E-state index contributed by atoms with van der Waals surface area (Å²) in [5.41, 5.74) is 2.18. The van der Waals surface area contributed by atoms with E-state index >= 15 is 0 Å². The van der Waals surface area contributed by atoms with Crippen LogP contribution in [-0.4, -0.2) is 51.9 Å². The number of amides is 2. The molecule has 1 fully saturated rings. The van der Waals surface area contributed by atoms with Gasteiger partial charge in [-0.15, -0.1) is 0 Å². The highest BCUT2D eigenvalue weighted by molar-refractivity contribution is 5.98. The van der Waals surface area contributed by atoms with Crippen molar-refractivity contribution in [1.82, 2.24) is 15.2 Å². The van der Waals surface area contributed by atoms with Gasteiger partial charge in [0.05, 0.1) is 0 Å². The van der Waals surface area contributed by atoms with Crippen LogP contribution in [0.5, 0.6) is 0 Å². The quantitative estimate of drug-likeness (QED) is 0.490. The Kier molecular flexibility index (Phi) is 6.44. The zero-order chi connectivity index (χ0) is 23.5. The summed E-state index contributed by atoms with van der Waals surface area (Å²) in [5, 5.41) is 13.4. The van der Waals surface area contributed by atoms with Gasteiger partial charge < -0.3 is 20.3 Å². The number of aromatic nitrogens is 1. The molecule has 0 spiro atoms. The maximum Gasteiger partial charge on any atom is 0.326 e. The van der Waals surface area contributed by atoms with E-state index < -0.39 is 29.8 Å². The number of likely N-dealkylation sites (tertiary alicyclic amines) is 1. The number of carbonyl (C=O) groups is 3. The summed E-state index contributed by atoms with van der Waals surface area (Å²) < 4.78 is 13.1. The van der Waals surface area contributed by atoms with Crippen molar-refractivity contribution in [2.45, 2.75) is 31.7 Å². The van der Waals surface area contributed by atoms with E-state index in [-0.39, 0.29) is 11.7 Å². The summed E-state index contributed by atoms with van der Waals surface area (Å²) in [6.07, 6.45) is 2.72. The van der Waals surface area contributed by atoms with Gasteiger partial charge in [0.2, 0.25) is 0 Å². The molecule has 1 aliphatic rings. The number of fused-ring (bicyclic) bond motifs is 1. The molecular weight excluding hydrogens is 425 g/mol. The van der Waals surface area contributed by atoms with E-state index in [4.69, 9.17) is 0 Å². The number of para-hydroxylation sites is 1. The normalized spacial score (nSPS) is 16.4. The third kappa shape index (κ3) is 4.74. The Bertz CT molecular complexity index is 1170. The van der Waals surface area contributed by atoms with E-state index in [1.54, 1.807) is 18.0 Å². The average molecular weight is 451 g/mol. The van der Waals surface area contributed by atoms with Crippen molar-refractivity contribution >= 4 is 28.7 Å². The molecule has 0 bridgehead atoms. The highest BCUT2D eigenvalue weighted by Gasteiger charge is 2.33. The third-order valence-electron chi connectivity index (χ3n) is 6.44. The van der Waals surface area contributed by atoms with Crippen molar-refractivity contribution in [2.75, 3.05) is 13.1 Å². The first-order valence-electron chi connectivity index (χ1n) is 11.0. The summed E-state index contributed by atoms with van der Waals surface area (Å²) in [4.78, 5) is 42.2. The molecule has 2 atom stereocenters. The molecule has 2 aromatic carbocycles. The number of hydrogen-bond donors (Lipinski definition) is 3. The van der Waals surface area contributed by atoms with Crippen LogP contribution in [0, 0.1) is 11.7 Å². The molecule has 4 rings (SSSR count). The third-order valence-corrected chi connectivity index (χ3v) is 6.44. The van der Waals surface area contributed by atoms with Gasteiger partial charge in [-0.3, -0.25) is 4.79 Å². The molecule has 0 saturated carbocycles. The van der Waals surface area contributed by atoms with Crippen LogP contribution in [0.3, 0.4) is 0 Å². The lowest BCUT2D eigenvalue weighted by molar-refractivity contribution is -0.139. The number of aromatic amines is 1. The minimum Gasteiger partial charge on any atom is -0.480 e. The minimum atomic E-state index is -1.11. The summed E-state index contributed by atoms with van der Waals surface area (Å²) in [5.74, 6) is -2.28. The highest BCUT2D eigenvalue weighted by Crippen LogP contribution is 2.28. The zero-order valence-corrected chi connectivity index (χ0v) is 18.3. The second-order valence-electron chi connectivity index (χ2n) is 8.48. The number of piperidine rings is 1. The van der Waals surface area contributed by atoms with Gasteiger partial charge in [-0.05, 0) is 48.7 Å². The van der Waals surface area contributed by atoms with E-state index in [0.29, 0.717) is 31.5 Å². The van der Waals surface area contributed by atoms with Crippen molar-refractivity contribution in [3.05, 3.63) is 71.7 Å². The molecule has 33 heavy (non-hydrogen) atoms. The monoisotopic (exact) mass is 451 g/mol. The molecule has 1 aliphatic heterocycles. The van der Waals surface area contributed by atoms with Crippen LogP contribution in [0.1, 0.15) is 41.6 Å². The number of carbonyl (C=O) groups excluding carboxylic acids is 2. The Balaban J connectivity index is 1.39. The first-order valence-corrected chi connectivity index (χ1v) is 11.0. The predicted molar refractivity (Wildman–Crippen MR) is 122 cm³/mol. The first-order chi connectivity index (χ1) is 15.8. The van der Waals surface area contributed by atoms with Crippen LogP contribution in [0.2, 0.25) is 0 Å². The SMILES string of the molecule is C[C@@H](c1c[nH]c2ccccc12)[C@@H](NC(=O)N1CCC(C(=O)c2ccc(F)cc2)CC1)C(=O)O. The van der Waals surface area contributed by atoms with E-state index in [1.807, 2.05) is 24.3 Å². The largest absolute Gasteiger partial charge is 0.480 e. The molecule has 1 saturated heterocycles. The summed E-state index contributed by atoms with van der Waals surface area (Å²) in [7, 11) is 0. The summed E-state index contributed by atoms with van der Waals surface area (Å²) in [6, 6.07) is 11.5. The maximum atomic E-state index is 13.1. The van der Waals surface area contributed by atoms with Crippen LogP contribution in [0.4, 0.5) is 9.18 Å². The van der Waals surface area contributed by atoms with E-state index in [9.17, 15) is 23.9 Å². The van der Waals surface area contributed by atoms with Gasteiger partial charge >= 0.3 is 12.0 Å². The van der Waals surface area contributed by atoms with Crippen LogP contribution < -0.4 is 5.32 Å². The fourth-order valence-electron chi connectivity index (χ4n) is 4.47. The summed E-state index contributed by atoms with van der Waals surface area (Å²) >= 11 is 0. The number of carboxylic acids is 1. The molecule has 1 aromatic heterocycles. The standard InChI is InChI=1S/C25H26FN3O4/c1-15(20-14-27-21-5-3-2-4-19(20)21)22(24(31)32)28-25(33)29-12-10-17(11-13-29)23(30)16-6-8-18(26)9-7-16/h2-9,14-15,17,22,27H,10-13H2,1H3,(H,28,33)(H,31,32)/t15-,22+/m0/s1. The number of hydrogen-bond acceptors (Lipinski definition) is 3. The van der Waals surface area contributed by atoms with E-state index in [0.717, 1.165) is 16.5 Å². The number of ketones is 1. The van der Waals surface area contributed by atoms with Crippen molar-refractivity contribution in [3.63, 3.8) is 0 Å². The van der Waals surface area contributed by atoms with Crippen molar-refractivity contribution < 1.29 is 23.9 Å². The Morgan fingerprint density at radius 2 is 1.76 bits per heavy atom. The van der Waals surface area contributed by atoms with Gasteiger partial charge in [-0.2, -0.15) is 0 Å². The predicted octanol–water partition coefficient (Wildman–Crippen LogP) is 4.17. The second kappa shape index (κ2) is 9.44. The van der Waals surface area contributed by atoms with Crippen LogP contribution in [0.15, 0.2) is 54.7 Å². The van der Waals surface area contributed by atoms with Crippen molar-refractivity contribution in [2.24, 2.45) is 5.92 Å². The Morgan fingerprint density at radius 1 is 1.09 bits per heavy atom. The number of benzene rings is 2. The smallest absolute Gasteiger partial charge is 0.326 e. The zero-order valence-electron chi connectivity index (χ0n) is 18.3. The second-order valence-corrected chi connectivity index (χ2v) is 8.48. The fourth-order valence-corrected chi connectivity index (χ4v) is 4.47. The number of Topliss-reactive ketones (excluding diaryl/α,β-unsaturated/α-hetero) is 1. The number of H-pyrrole nitrogens is 1. The van der Waals surface area contributed by atoms with Crippen molar-refractivity contribution in [1.29, 1.82) is 0 Å². The van der Waals surface area contributed by atoms with Crippen LogP contribution >= 0.6 is 0 Å². The number of urea groups is 1. The molecular formula is C25H26FN3O4. The van der Waals surface area contributed by atoms with Gasteiger partial charge in [-0.1, -0.05) is 25.1 Å². The average Bonchev–Trinajstić information content (AvgIpc) is 3.26. The number of aliphatic carboxylic acids is 1. The fraction of sp³-hybridized carbons (Fsp3) is 0.320. The number of carboxylic acid groups (broad SMARTS) is 1. The van der Waals surface area contributed by atoms with Crippen LogP contribution in [0.25, 0.3) is 10.9 Å². The molecule has 0 aliphatic carbocycles. The lowest BCUT2D eigenvalue weighted by Crippen LogP contribution is -2.52. The van der Waals surface area contributed by atoms with Gasteiger partial charge in [0, 0.05) is 47.6 Å². The lowest BCUT2D eigenvalue weighted by atomic mass is 9.89. The molecule has 7 nitrogen and oxygen atoms in total. The molecule has 2 heterocycles. The number of rotatable bonds is 6. The van der Waals surface area contributed by atoms with Gasteiger partial charge in [-0.25, -0.2) is 14.0 Å².